The molecule has 5 heterocycles. The minimum atomic E-state index is 0.570. The summed E-state index contributed by atoms with van der Waals surface area (Å²) in [5.74, 6) is 1.89. The molecular formula is C22H37N7O4. The molecule has 0 amide bonds. The van der Waals surface area contributed by atoms with Crippen LogP contribution in [-0.2, 0) is 32.0 Å². The summed E-state index contributed by atoms with van der Waals surface area (Å²) in [5, 5.41) is 3.55. The molecule has 3 aliphatic rings. The summed E-state index contributed by atoms with van der Waals surface area (Å²) < 4.78 is 27.8. The Kier molecular flexibility index (Phi) is 9.81. The zero-order valence-electron chi connectivity index (χ0n) is 19.4. The van der Waals surface area contributed by atoms with Gasteiger partial charge in [0, 0.05) is 77.1 Å². The van der Waals surface area contributed by atoms with Gasteiger partial charge in [-0.15, -0.1) is 0 Å². The zero-order valence-corrected chi connectivity index (χ0v) is 19.4. The number of nitrogens with zero attached hydrogens (tertiary/aromatic N) is 6. The SMILES string of the molecule is c1cn2c(n1)N1CCOCCOCCN(CCOCCOCC1)c1nccn1CCNCC2. The van der Waals surface area contributed by atoms with Crippen molar-refractivity contribution in [2.45, 2.75) is 13.1 Å². The number of aromatic nitrogens is 4. The van der Waals surface area contributed by atoms with Gasteiger partial charge in [0.2, 0.25) is 11.9 Å². The van der Waals surface area contributed by atoms with E-state index in [1.807, 2.05) is 24.8 Å². The van der Waals surface area contributed by atoms with E-state index in [4.69, 9.17) is 18.9 Å². The van der Waals surface area contributed by atoms with Crippen molar-refractivity contribution in [3.8, 4) is 0 Å². The molecule has 11 heteroatoms. The van der Waals surface area contributed by atoms with Crippen molar-refractivity contribution in [2.75, 3.05) is 102 Å². The Hall–Kier alpha value is -2.18. The first-order valence-corrected chi connectivity index (χ1v) is 12.0. The lowest BCUT2D eigenvalue weighted by atomic mass is 10.5. The fourth-order valence-corrected chi connectivity index (χ4v) is 4.01. The second kappa shape index (κ2) is 13.5. The fourth-order valence-electron chi connectivity index (χ4n) is 4.01. The van der Waals surface area contributed by atoms with Crippen LogP contribution >= 0.6 is 0 Å². The van der Waals surface area contributed by atoms with Gasteiger partial charge < -0.3 is 43.2 Å². The number of rotatable bonds is 0. The van der Waals surface area contributed by atoms with E-state index in [1.165, 1.54) is 0 Å². The lowest BCUT2D eigenvalue weighted by Crippen LogP contribution is -2.35. The predicted molar refractivity (Wildman–Crippen MR) is 125 cm³/mol. The fraction of sp³-hybridized carbons (Fsp3) is 0.727. The lowest BCUT2D eigenvalue weighted by molar-refractivity contribution is 0.0432. The summed E-state index contributed by atoms with van der Waals surface area (Å²) in [6, 6.07) is 0. The Bertz CT molecular complexity index is 715. The average Bonchev–Trinajstić information content (AvgIpc) is 3.48. The van der Waals surface area contributed by atoms with Crippen molar-refractivity contribution in [3.05, 3.63) is 24.8 Å². The molecule has 184 valence electrons. The Labute approximate surface area is 195 Å². The number of imidazole rings is 2. The molecule has 11 nitrogen and oxygen atoms in total. The molecule has 3 aliphatic heterocycles. The standard InChI is InChI=1S/C22H37N7O4/c1-5-26-7-3-24-21(26)28-9-13-30-17-19-32-15-11-29(12-16-33-20-18-31-14-10-28)22-25-4-8-27(22)6-2-23-1/h3-4,7-8,23H,1-2,5-6,9-20H2. The summed E-state index contributed by atoms with van der Waals surface area (Å²) in [4.78, 5) is 13.7. The van der Waals surface area contributed by atoms with E-state index in [0.717, 1.165) is 64.3 Å². The normalized spacial score (nSPS) is 21.1. The number of hydrogen-bond acceptors (Lipinski definition) is 9. The zero-order chi connectivity index (χ0) is 22.6. The molecule has 0 spiro atoms. The molecule has 1 N–H and O–H groups in total. The molecule has 1 saturated heterocycles. The van der Waals surface area contributed by atoms with Crippen molar-refractivity contribution < 1.29 is 18.9 Å². The largest absolute Gasteiger partial charge is 0.377 e. The molecule has 5 rings (SSSR count). The van der Waals surface area contributed by atoms with Gasteiger partial charge in [-0.2, -0.15) is 0 Å². The van der Waals surface area contributed by atoms with Gasteiger partial charge in [0.25, 0.3) is 0 Å². The molecule has 0 radical (unpaired) electrons. The van der Waals surface area contributed by atoms with Crippen molar-refractivity contribution in [2.24, 2.45) is 0 Å². The Morgan fingerprint density at radius 3 is 1.33 bits per heavy atom. The predicted octanol–water partition coefficient (Wildman–Crippen LogP) is 0.0758. The van der Waals surface area contributed by atoms with Crippen LogP contribution in [0.4, 0.5) is 11.9 Å². The summed E-state index contributed by atoms with van der Waals surface area (Å²) in [6.07, 6.45) is 7.78. The van der Waals surface area contributed by atoms with Crippen LogP contribution in [0.2, 0.25) is 0 Å². The van der Waals surface area contributed by atoms with Crippen LogP contribution in [0.1, 0.15) is 0 Å². The van der Waals surface area contributed by atoms with Gasteiger partial charge in [-0.05, 0) is 0 Å². The quantitative estimate of drug-likeness (QED) is 0.583. The lowest BCUT2D eigenvalue weighted by Gasteiger charge is -2.25. The van der Waals surface area contributed by atoms with Gasteiger partial charge in [0.15, 0.2) is 0 Å². The Balaban J connectivity index is 1.52. The topological polar surface area (TPSA) is 91.1 Å². The molecule has 2 aromatic heterocycles. The number of ether oxygens (including phenoxy) is 4. The van der Waals surface area contributed by atoms with E-state index >= 15 is 0 Å². The summed E-state index contributed by atoms with van der Waals surface area (Å²) in [6.45, 7) is 11.1. The second-order valence-electron chi connectivity index (χ2n) is 8.01. The first-order chi connectivity index (χ1) is 16.4. The molecule has 0 aromatic carbocycles. The molecule has 1 fully saturated rings. The van der Waals surface area contributed by atoms with Crippen molar-refractivity contribution >= 4 is 11.9 Å². The van der Waals surface area contributed by atoms with Gasteiger partial charge in [-0.25, -0.2) is 9.97 Å². The molecule has 0 aliphatic carbocycles. The van der Waals surface area contributed by atoms with E-state index < -0.39 is 0 Å². The summed E-state index contributed by atoms with van der Waals surface area (Å²) >= 11 is 0. The number of fused-ring (bicyclic) bond motifs is 18. The van der Waals surface area contributed by atoms with Crippen LogP contribution < -0.4 is 15.1 Å². The minimum absolute atomic E-state index is 0.570. The van der Waals surface area contributed by atoms with Crippen LogP contribution in [0.5, 0.6) is 0 Å². The minimum Gasteiger partial charge on any atom is -0.377 e. The third-order valence-corrected chi connectivity index (χ3v) is 5.78. The Morgan fingerprint density at radius 1 is 0.545 bits per heavy atom. The molecule has 2 aromatic rings. The summed E-state index contributed by atoms with van der Waals surface area (Å²) in [5.41, 5.74) is 0. The van der Waals surface area contributed by atoms with Crippen molar-refractivity contribution in [3.63, 3.8) is 0 Å². The maximum atomic E-state index is 5.85. The highest BCUT2D eigenvalue weighted by molar-refractivity contribution is 5.32. The van der Waals surface area contributed by atoms with E-state index in [1.54, 1.807) is 0 Å². The van der Waals surface area contributed by atoms with Gasteiger partial charge in [-0.3, -0.25) is 0 Å². The van der Waals surface area contributed by atoms with Crippen LogP contribution in [-0.4, -0.2) is 111 Å². The van der Waals surface area contributed by atoms with Gasteiger partial charge in [0.1, 0.15) is 0 Å². The first kappa shape index (κ1) is 24.0. The maximum Gasteiger partial charge on any atom is 0.205 e. The highest BCUT2D eigenvalue weighted by Crippen LogP contribution is 2.13. The van der Waals surface area contributed by atoms with E-state index in [0.29, 0.717) is 52.9 Å². The molecule has 33 heavy (non-hydrogen) atoms. The monoisotopic (exact) mass is 463 g/mol. The van der Waals surface area contributed by atoms with Crippen molar-refractivity contribution in [1.29, 1.82) is 0 Å². The third kappa shape index (κ3) is 7.41. The molecule has 0 atom stereocenters. The van der Waals surface area contributed by atoms with Crippen LogP contribution in [0.25, 0.3) is 0 Å². The third-order valence-electron chi connectivity index (χ3n) is 5.78. The molecular weight excluding hydrogens is 426 g/mol. The summed E-state index contributed by atoms with van der Waals surface area (Å²) in [7, 11) is 0. The number of hydrogen-bond donors (Lipinski definition) is 1. The van der Waals surface area contributed by atoms with Gasteiger partial charge in [0.05, 0.1) is 52.9 Å². The highest BCUT2D eigenvalue weighted by atomic mass is 16.5. The van der Waals surface area contributed by atoms with Crippen molar-refractivity contribution in [1.82, 2.24) is 24.4 Å². The molecule has 0 saturated carbocycles. The smallest absolute Gasteiger partial charge is 0.205 e. The Morgan fingerprint density at radius 2 is 0.939 bits per heavy atom. The number of anilines is 2. The maximum absolute atomic E-state index is 5.85. The number of nitrogens with one attached hydrogen (secondary N) is 1. The second-order valence-corrected chi connectivity index (χ2v) is 8.01. The highest BCUT2D eigenvalue weighted by Gasteiger charge is 2.15. The van der Waals surface area contributed by atoms with Crippen LogP contribution in [0.3, 0.4) is 0 Å². The van der Waals surface area contributed by atoms with E-state index in [-0.39, 0.29) is 0 Å². The molecule has 2 bridgehead atoms. The average molecular weight is 464 g/mol. The van der Waals surface area contributed by atoms with Crippen LogP contribution in [0, 0.1) is 0 Å². The van der Waals surface area contributed by atoms with E-state index in [2.05, 4.69) is 34.2 Å². The van der Waals surface area contributed by atoms with Gasteiger partial charge >= 0.3 is 0 Å². The molecule has 0 unspecified atom stereocenters. The van der Waals surface area contributed by atoms with Crippen LogP contribution in [0.15, 0.2) is 24.8 Å². The van der Waals surface area contributed by atoms with E-state index in [9.17, 15) is 0 Å². The van der Waals surface area contributed by atoms with Gasteiger partial charge in [-0.1, -0.05) is 0 Å². The first-order valence-electron chi connectivity index (χ1n) is 12.0.